The van der Waals surface area contributed by atoms with Gasteiger partial charge in [0.2, 0.25) is 0 Å². The van der Waals surface area contributed by atoms with Gasteiger partial charge in [0, 0.05) is 5.02 Å². The lowest BCUT2D eigenvalue weighted by Crippen LogP contribution is -2.23. The maximum absolute atomic E-state index is 6.56. The van der Waals surface area contributed by atoms with Gasteiger partial charge < -0.3 is 5.32 Å². The maximum Gasteiger partial charge on any atom is 0.0594 e. The average molecular weight is 302 g/mol. The Morgan fingerprint density at radius 1 is 0.905 bits per heavy atom. The molecule has 0 heterocycles. The van der Waals surface area contributed by atoms with Crippen molar-refractivity contribution in [3.63, 3.8) is 0 Å². The van der Waals surface area contributed by atoms with Crippen LogP contribution in [0.1, 0.15) is 46.3 Å². The standard InChI is InChI=1S/C19H24ClN/c1-6-21-19(16-9-7-8-12(2)18(16)20)17-11-14(4)13(3)10-15(17)5/h7-11,19,21H,6H2,1-5H3. The molecule has 0 amide bonds. The molecule has 0 spiro atoms. The molecular formula is C19H24ClN. The van der Waals surface area contributed by atoms with Gasteiger partial charge in [-0.15, -0.1) is 0 Å². The summed E-state index contributed by atoms with van der Waals surface area (Å²) in [5.41, 5.74) is 7.56. The largest absolute Gasteiger partial charge is 0.306 e. The SMILES string of the molecule is CCNC(c1cc(C)c(C)cc1C)c1cccc(C)c1Cl. The number of nitrogens with one attached hydrogen (secondary N) is 1. The molecule has 21 heavy (non-hydrogen) atoms. The summed E-state index contributed by atoms with van der Waals surface area (Å²) in [6.45, 7) is 11.6. The molecular weight excluding hydrogens is 278 g/mol. The third-order valence-corrected chi connectivity index (χ3v) is 4.65. The Morgan fingerprint density at radius 3 is 2.24 bits per heavy atom. The zero-order valence-corrected chi connectivity index (χ0v) is 14.3. The fourth-order valence-corrected chi connectivity index (χ4v) is 3.01. The molecule has 0 bridgehead atoms. The summed E-state index contributed by atoms with van der Waals surface area (Å²) in [6.07, 6.45) is 0. The lowest BCUT2D eigenvalue weighted by Gasteiger charge is -2.24. The molecule has 2 aromatic carbocycles. The van der Waals surface area contributed by atoms with Crippen molar-refractivity contribution in [1.29, 1.82) is 0 Å². The molecule has 1 atom stereocenters. The molecule has 0 fully saturated rings. The molecule has 0 saturated carbocycles. The molecule has 2 aromatic rings. The third-order valence-electron chi connectivity index (χ3n) is 4.13. The van der Waals surface area contributed by atoms with Gasteiger partial charge in [0.25, 0.3) is 0 Å². The fourth-order valence-electron chi connectivity index (χ4n) is 2.78. The van der Waals surface area contributed by atoms with E-state index in [9.17, 15) is 0 Å². The van der Waals surface area contributed by atoms with Crippen molar-refractivity contribution in [2.75, 3.05) is 6.54 Å². The highest BCUT2D eigenvalue weighted by Crippen LogP contribution is 2.33. The van der Waals surface area contributed by atoms with E-state index in [4.69, 9.17) is 11.6 Å². The van der Waals surface area contributed by atoms with E-state index in [1.807, 2.05) is 0 Å². The van der Waals surface area contributed by atoms with Crippen LogP contribution >= 0.6 is 11.6 Å². The number of hydrogen-bond donors (Lipinski definition) is 1. The summed E-state index contributed by atoms with van der Waals surface area (Å²) in [6, 6.07) is 11.0. The number of halogens is 1. The van der Waals surface area contributed by atoms with Crippen molar-refractivity contribution in [2.24, 2.45) is 0 Å². The summed E-state index contributed by atoms with van der Waals surface area (Å²) in [4.78, 5) is 0. The highest BCUT2D eigenvalue weighted by Gasteiger charge is 2.19. The van der Waals surface area contributed by atoms with Gasteiger partial charge in [-0.2, -0.15) is 0 Å². The van der Waals surface area contributed by atoms with Crippen molar-refractivity contribution in [3.8, 4) is 0 Å². The van der Waals surface area contributed by atoms with E-state index in [-0.39, 0.29) is 6.04 Å². The van der Waals surface area contributed by atoms with E-state index >= 15 is 0 Å². The quantitative estimate of drug-likeness (QED) is 0.811. The van der Waals surface area contributed by atoms with Crippen molar-refractivity contribution in [1.82, 2.24) is 5.32 Å². The van der Waals surface area contributed by atoms with Crippen LogP contribution in [0.5, 0.6) is 0 Å². The molecule has 0 aliphatic rings. The lowest BCUT2D eigenvalue weighted by atomic mass is 9.91. The lowest BCUT2D eigenvalue weighted by molar-refractivity contribution is 0.627. The Kier molecular flexibility index (Phi) is 5.08. The number of aryl methyl sites for hydroxylation is 4. The topological polar surface area (TPSA) is 12.0 Å². The molecule has 1 nitrogen and oxygen atoms in total. The highest BCUT2D eigenvalue weighted by atomic mass is 35.5. The van der Waals surface area contributed by atoms with Crippen LogP contribution < -0.4 is 5.32 Å². The first kappa shape index (κ1) is 16.1. The Labute approximate surface area is 133 Å². The Hall–Kier alpha value is -1.31. The molecule has 0 radical (unpaired) electrons. The molecule has 1 unspecified atom stereocenters. The van der Waals surface area contributed by atoms with Crippen LogP contribution in [-0.2, 0) is 0 Å². The molecule has 2 rings (SSSR count). The number of hydrogen-bond acceptors (Lipinski definition) is 1. The first-order valence-corrected chi connectivity index (χ1v) is 7.89. The van der Waals surface area contributed by atoms with Crippen molar-refractivity contribution < 1.29 is 0 Å². The van der Waals surface area contributed by atoms with Crippen LogP contribution in [-0.4, -0.2) is 6.54 Å². The molecule has 112 valence electrons. The minimum absolute atomic E-state index is 0.140. The zero-order valence-electron chi connectivity index (χ0n) is 13.5. The van der Waals surface area contributed by atoms with Gasteiger partial charge in [-0.05, 0) is 67.6 Å². The van der Waals surface area contributed by atoms with Gasteiger partial charge in [-0.3, -0.25) is 0 Å². The van der Waals surface area contributed by atoms with Crippen molar-refractivity contribution in [3.05, 3.63) is 68.7 Å². The summed E-state index contributed by atoms with van der Waals surface area (Å²) in [5, 5.41) is 4.45. The minimum Gasteiger partial charge on any atom is -0.306 e. The minimum atomic E-state index is 0.140. The van der Waals surface area contributed by atoms with E-state index in [2.05, 4.69) is 70.3 Å². The van der Waals surface area contributed by atoms with Crippen LogP contribution in [0.3, 0.4) is 0 Å². The summed E-state index contributed by atoms with van der Waals surface area (Å²) >= 11 is 6.56. The van der Waals surface area contributed by atoms with Gasteiger partial charge in [0.15, 0.2) is 0 Å². The summed E-state index contributed by atoms with van der Waals surface area (Å²) < 4.78 is 0. The molecule has 1 N–H and O–H groups in total. The monoisotopic (exact) mass is 301 g/mol. The van der Waals surface area contributed by atoms with Crippen LogP contribution in [0.15, 0.2) is 30.3 Å². The van der Waals surface area contributed by atoms with Crippen molar-refractivity contribution in [2.45, 2.75) is 40.7 Å². The normalized spacial score (nSPS) is 12.5. The van der Waals surface area contributed by atoms with Gasteiger partial charge in [0.05, 0.1) is 6.04 Å². The number of benzene rings is 2. The molecule has 0 saturated heterocycles. The molecule has 0 aliphatic heterocycles. The second kappa shape index (κ2) is 6.64. The second-order valence-electron chi connectivity index (χ2n) is 5.76. The average Bonchev–Trinajstić information content (AvgIpc) is 2.44. The van der Waals surface area contributed by atoms with Crippen LogP contribution in [0, 0.1) is 27.7 Å². The zero-order chi connectivity index (χ0) is 15.6. The summed E-state index contributed by atoms with van der Waals surface area (Å²) in [7, 11) is 0. The number of rotatable bonds is 4. The first-order valence-electron chi connectivity index (χ1n) is 7.51. The van der Waals surface area contributed by atoms with E-state index in [0.717, 1.165) is 22.7 Å². The van der Waals surface area contributed by atoms with Gasteiger partial charge >= 0.3 is 0 Å². The Balaban J connectivity index is 2.59. The first-order chi connectivity index (χ1) is 9.95. The van der Waals surface area contributed by atoms with Gasteiger partial charge in [0.1, 0.15) is 0 Å². The van der Waals surface area contributed by atoms with Crippen LogP contribution in [0.4, 0.5) is 0 Å². The summed E-state index contributed by atoms with van der Waals surface area (Å²) in [5.74, 6) is 0. The van der Waals surface area contributed by atoms with E-state index < -0.39 is 0 Å². The van der Waals surface area contributed by atoms with E-state index in [1.54, 1.807) is 0 Å². The maximum atomic E-state index is 6.56. The van der Waals surface area contributed by atoms with Gasteiger partial charge in [-0.25, -0.2) is 0 Å². The van der Waals surface area contributed by atoms with Crippen molar-refractivity contribution >= 4 is 11.6 Å². The smallest absolute Gasteiger partial charge is 0.0594 e. The highest BCUT2D eigenvalue weighted by molar-refractivity contribution is 6.32. The second-order valence-corrected chi connectivity index (χ2v) is 6.14. The fraction of sp³-hybridized carbons (Fsp3) is 0.368. The predicted octanol–water partition coefficient (Wildman–Crippen LogP) is 5.27. The van der Waals surface area contributed by atoms with Crippen LogP contribution in [0.2, 0.25) is 5.02 Å². The molecule has 0 aliphatic carbocycles. The van der Waals surface area contributed by atoms with E-state index in [0.29, 0.717) is 0 Å². The Bertz CT molecular complexity index is 646. The Morgan fingerprint density at radius 2 is 1.57 bits per heavy atom. The molecule has 0 aromatic heterocycles. The third kappa shape index (κ3) is 3.30. The molecule has 2 heteroatoms. The van der Waals surface area contributed by atoms with E-state index in [1.165, 1.54) is 22.3 Å². The predicted molar refractivity (Wildman–Crippen MR) is 92.4 cm³/mol. The van der Waals surface area contributed by atoms with Crippen LogP contribution in [0.25, 0.3) is 0 Å². The van der Waals surface area contributed by atoms with Gasteiger partial charge in [-0.1, -0.05) is 48.9 Å².